The Bertz CT molecular complexity index is 246. The molecule has 1 aliphatic carbocycles. The molecule has 1 saturated carbocycles. The second kappa shape index (κ2) is 10.6. The van der Waals surface area contributed by atoms with Crippen LogP contribution in [0, 0.1) is 10.1 Å². The van der Waals surface area contributed by atoms with Crippen molar-refractivity contribution >= 4 is 5.96 Å². The Balaban J connectivity index is 0.000000631. The minimum absolute atomic E-state index is 0.169. The molecule has 0 aromatic carbocycles. The van der Waals surface area contributed by atoms with E-state index in [0.29, 0.717) is 12.6 Å². The zero-order valence-corrected chi connectivity index (χ0v) is 10.5. The second-order valence-corrected chi connectivity index (χ2v) is 4.03. The summed E-state index contributed by atoms with van der Waals surface area (Å²) in [6.07, 6.45) is 7.85. The van der Waals surface area contributed by atoms with Crippen LogP contribution >= 0.6 is 0 Å². The fourth-order valence-electron chi connectivity index (χ4n) is 1.75. The van der Waals surface area contributed by atoms with Crippen molar-refractivity contribution in [3.8, 4) is 0 Å². The summed E-state index contributed by atoms with van der Waals surface area (Å²) in [6.45, 7) is 1.45. The summed E-state index contributed by atoms with van der Waals surface area (Å²) in [7, 11) is 0. The van der Waals surface area contributed by atoms with Crippen molar-refractivity contribution in [1.29, 1.82) is 0 Å². The highest BCUT2D eigenvalue weighted by atomic mass is 16.9. The van der Waals surface area contributed by atoms with Gasteiger partial charge >= 0.3 is 0 Å². The van der Waals surface area contributed by atoms with Gasteiger partial charge in [-0.25, -0.2) is 0 Å². The predicted molar refractivity (Wildman–Crippen MR) is 66.9 cm³/mol. The van der Waals surface area contributed by atoms with Crippen molar-refractivity contribution in [1.82, 2.24) is 0 Å². The molecule has 1 aliphatic rings. The molecule has 0 atom stereocenters. The quantitative estimate of drug-likeness (QED) is 0.219. The second-order valence-electron chi connectivity index (χ2n) is 4.03. The lowest BCUT2D eigenvalue weighted by molar-refractivity contribution is -0.742. The van der Waals surface area contributed by atoms with Crippen LogP contribution in [0.15, 0.2) is 4.99 Å². The number of hydrogen-bond donors (Lipinski definition) is 3. The Hall–Kier alpha value is -1.57. The zero-order chi connectivity index (χ0) is 13.8. The summed E-state index contributed by atoms with van der Waals surface area (Å²) < 4.78 is 5.71. The molecule has 0 amide bonds. The number of nitrogens with two attached hydrogens (primary N) is 2. The van der Waals surface area contributed by atoms with Gasteiger partial charge in [-0.1, -0.05) is 19.3 Å². The third-order valence-electron chi connectivity index (χ3n) is 2.50. The molecule has 18 heavy (non-hydrogen) atoms. The maximum absolute atomic E-state index is 8.36. The predicted octanol–water partition coefficient (Wildman–Crippen LogP) is 0.651. The third kappa shape index (κ3) is 12.5. The number of guanidine groups is 1. The van der Waals surface area contributed by atoms with E-state index < -0.39 is 5.09 Å². The highest BCUT2D eigenvalue weighted by molar-refractivity contribution is 5.75. The van der Waals surface area contributed by atoms with Gasteiger partial charge in [0, 0.05) is 13.2 Å². The Kier molecular flexibility index (Phi) is 9.65. The van der Waals surface area contributed by atoms with E-state index in [2.05, 4.69) is 4.99 Å². The molecule has 0 aromatic heterocycles. The smallest absolute Gasteiger partial charge is 0.291 e. The SMILES string of the molecule is NC(N)=NCCCOC1CCCCC1.O=[N+]([O-])O. The molecule has 0 aromatic rings. The van der Waals surface area contributed by atoms with Crippen LogP contribution in [0.4, 0.5) is 0 Å². The van der Waals surface area contributed by atoms with Crippen LogP contribution in [0.3, 0.4) is 0 Å². The fraction of sp³-hybridized carbons (Fsp3) is 0.900. The normalized spacial score (nSPS) is 15.3. The molecule has 8 heteroatoms. The lowest BCUT2D eigenvalue weighted by Gasteiger charge is -2.21. The zero-order valence-electron chi connectivity index (χ0n) is 10.5. The molecule has 106 valence electrons. The van der Waals surface area contributed by atoms with Gasteiger partial charge < -0.3 is 21.4 Å². The molecule has 5 N–H and O–H groups in total. The van der Waals surface area contributed by atoms with Crippen LogP contribution in [0.2, 0.25) is 0 Å². The van der Waals surface area contributed by atoms with Crippen molar-refractivity contribution < 1.29 is 15.0 Å². The number of nitrogens with zero attached hydrogens (tertiary/aromatic N) is 2. The van der Waals surface area contributed by atoms with Crippen LogP contribution in [0.5, 0.6) is 0 Å². The van der Waals surface area contributed by atoms with E-state index in [1.807, 2.05) is 0 Å². The standard InChI is InChI=1S/C10H21N3O.HNO3/c11-10(12)13-7-4-8-14-9-5-2-1-3-6-9;2-1(3)4/h9H,1-8H2,(H4,11,12,13);(H,2,3,4). The maximum atomic E-state index is 8.36. The molecule has 0 heterocycles. The van der Waals surface area contributed by atoms with Crippen LogP contribution in [0.25, 0.3) is 0 Å². The van der Waals surface area contributed by atoms with E-state index in [-0.39, 0.29) is 5.96 Å². The molecule has 1 fully saturated rings. The van der Waals surface area contributed by atoms with E-state index in [1.165, 1.54) is 32.1 Å². The maximum Gasteiger partial charge on any atom is 0.291 e. The highest BCUT2D eigenvalue weighted by Gasteiger charge is 2.12. The first-order valence-corrected chi connectivity index (χ1v) is 6.02. The summed E-state index contributed by atoms with van der Waals surface area (Å²) in [5, 5.41) is 13.6. The largest absolute Gasteiger partial charge is 0.378 e. The van der Waals surface area contributed by atoms with Crippen LogP contribution in [0.1, 0.15) is 38.5 Å². The lowest BCUT2D eigenvalue weighted by atomic mass is 9.98. The first kappa shape index (κ1) is 16.4. The van der Waals surface area contributed by atoms with Gasteiger partial charge in [0.15, 0.2) is 5.96 Å². The molecular formula is C10H22N4O4. The summed E-state index contributed by atoms with van der Waals surface area (Å²) in [4.78, 5) is 12.3. The third-order valence-corrected chi connectivity index (χ3v) is 2.50. The van der Waals surface area contributed by atoms with Crippen molar-refractivity contribution in [3.05, 3.63) is 10.1 Å². The summed E-state index contributed by atoms with van der Waals surface area (Å²) in [5.41, 5.74) is 10.4. The molecule has 0 saturated heterocycles. The van der Waals surface area contributed by atoms with Gasteiger partial charge in [0.2, 0.25) is 0 Å². The van der Waals surface area contributed by atoms with E-state index in [9.17, 15) is 0 Å². The molecule has 0 aliphatic heterocycles. The van der Waals surface area contributed by atoms with Crippen molar-refractivity contribution in [3.63, 3.8) is 0 Å². The minimum Gasteiger partial charge on any atom is -0.378 e. The monoisotopic (exact) mass is 262 g/mol. The Morgan fingerprint density at radius 1 is 1.39 bits per heavy atom. The Morgan fingerprint density at radius 3 is 2.44 bits per heavy atom. The highest BCUT2D eigenvalue weighted by Crippen LogP contribution is 2.20. The summed E-state index contributed by atoms with van der Waals surface area (Å²) in [5.74, 6) is 0.169. The molecular weight excluding hydrogens is 240 g/mol. The topological polar surface area (TPSA) is 137 Å². The average molecular weight is 262 g/mol. The van der Waals surface area contributed by atoms with Gasteiger partial charge in [0.1, 0.15) is 0 Å². The summed E-state index contributed by atoms with van der Waals surface area (Å²) in [6, 6.07) is 0. The average Bonchev–Trinajstić information content (AvgIpc) is 2.29. The van der Waals surface area contributed by atoms with Crippen molar-refractivity contribution in [2.45, 2.75) is 44.6 Å². The van der Waals surface area contributed by atoms with Crippen molar-refractivity contribution in [2.75, 3.05) is 13.2 Å². The van der Waals surface area contributed by atoms with E-state index in [4.69, 9.17) is 31.5 Å². The molecule has 0 unspecified atom stereocenters. The lowest BCUT2D eigenvalue weighted by Crippen LogP contribution is -2.23. The van der Waals surface area contributed by atoms with Gasteiger partial charge in [-0.3, -0.25) is 4.99 Å². The molecule has 8 nitrogen and oxygen atoms in total. The van der Waals surface area contributed by atoms with Gasteiger partial charge in [0.05, 0.1) is 6.10 Å². The molecule has 0 spiro atoms. The fourth-order valence-corrected chi connectivity index (χ4v) is 1.75. The van der Waals surface area contributed by atoms with Gasteiger partial charge in [-0.15, -0.1) is 10.1 Å². The van der Waals surface area contributed by atoms with Crippen molar-refractivity contribution in [2.24, 2.45) is 16.5 Å². The van der Waals surface area contributed by atoms with Crippen LogP contribution in [-0.2, 0) is 4.74 Å². The van der Waals surface area contributed by atoms with E-state index >= 15 is 0 Å². The number of rotatable bonds is 5. The summed E-state index contributed by atoms with van der Waals surface area (Å²) >= 11 is 0. The number of ether oxygens (including phenoxy) is 1. The molecule has 1 rings (SSSR count). The molecule has 0 bridgehead atoms. The van der Waals surface area contributed by atoms with E-state index in [0.717, 1.165) is 13.0 Å². The van der Waals surface area contributed by atoms with Gasteiger partial charge in [0.25, 0.3) is 5.09 Å². The number of aliphatic imine (C=N–C) groups is 1. The first-order chi connectivity index (χ1) is 8.52. The molecule has 0 radical (unpaired) electrons. The van der Waals surface area contributed by atoms with Gasteiger partial charge in [-0.05, 0) is 19.3 Å². The van der Waals surface area contributed by atoms with Gasteiger partial charge in [-0.2, -0.15) is 0 Å². The minimum atomic E-state index is -1.50. The van der Waals surface area contributed by atoms with Crippen LogP contribution in [-0.4, -0.2) is 35.5 Å². The Labute approximate surface area is 106 Å². The Morgan fingerprint density at radius 2 is 1.94 bits per heavy atom. The van der Waals surface area contributed by atoms with Crippen LogP contribution < -0.4 is 11.5 Å². The first-order valence-electron chi connectivity index (χ1n) is 6.02. The van der Waals surface area contributed by atoms with E-state index in [1.54, 1.807) is 0 Å². The number of hydrogen-bond acceptors (Lipinski definition) is 4.